The predicted molar refractivity (Wildman–Crippen MR) is 89.8 cm³/mol. The molecule has 3 rings (SSSR count). The summed E-state index contributed by atoms with van der Waals surface area (Å²) in [6.45, 7) is 1.65. The summed E-state index contributed by atoms with van der Waals surface area (Å²) in [5.41, 5.74) is 2.06. The van der Waals surface area contributed by atoms with E-state index >= 15 is 0 Å². The van der Waals surface area contributed by atoms with Crippen LogP contribution in [-0.4, -0.2) is 18.3 Å². The van der Waals surface area contributed by atoms with Crippen LogP contribution >= 0.6 is 23.2 Å². The molecular weight excluding hydrogens is 337 g/mol. The van der Waals surface area contributed by atoms with Crippen molar-refractivity contribution >= 4 is 40.6 Å². The molecule has 0 saturated heterocycles. The van der Waals surface area contributed by atoms with Gasteiger partial charge in [-0.15, -0.1) is 0 Å². The van der Waals surface area contributed by atoms with E-state index in [2.05, 4.69) is 5.32 Å². The molecule has 0 saturated carbocycles. The molecule has 0 radical (unpaired) electrons. The molecule has 6 heteroatoms. The first kappa shape index (κ1) is 15.8. The fourth-order valence-electron chi connectivity index (χ4n) is 2.40. The van der Waals surface area contributed by atoms with Crippen molar-refractivity contribution < 1.29 is 14.3 Å². The maximum Gasteiger partial charge on any atom is 0.231 e. The van der Waals surface area contributed by atoms with E-state index < -0.39 is 0 Å². The summed E-state index contributed by atoms with van der Waals surface area (Å²) in [5, 5.41) is 3.64. The highest BCUT2D eigenvalue weighted by molar-refractivity contribution is 6.34. The molecule has 1 N–H and O–H groups in total. The molecule has 1 heterocycles. The second kappa shape index (κ2) is 6.22. The van der Waals surface area contributed by atoms with E-state index in [4.69, 9.17) is 27.9 Å². The summed E-state index contributed by atoms with van der Waals surface area (Å²) in [6, 6.07) is 9.94. The lowest BCUT2D eigenvalue weighted by Crippen LogP contribution is -2.12. The topological polar surface area (TPSA) is 55.4 Å². The second-order valence-corrected chi connectivity index (χ2v) is 6.14. The number of fused-ring (bicyclic) bond motifs is 1. The Kier molecular flexibility index (Phi) is 4.28. The van der Waals surface area contributed by atoms with Gasteiger partial charge in [-0.1, -0.05) is 23.2 Å². The molecule has 4 nitrogen and oxygen atoms in total. The minimum atomic E-state index is -0.263. The molecule has 2 aromatic rings. The number of ether oxygens (including phenoxy) is 1. The van der Waals surface area contributed by atoms with Gasteiger partial charge in [0.2, 0.25) is 5.91 Å². The average Bonchev–Trinajstić information content (AvgIpc) is 2.82. The number of anilines is 1. The van der Waals surface area contributed by atoms with Gasteiger partial charge in [0.25, 0.3) is 0 Å². The van der Waals surface area contributed by atoms with Crippen molar-refractivity contribution in [2.24, 2.45) is 0 Å². The number of nitrogens with one attached hydrogen (secondary N) is 1. The fourth-order valence-corrected chi connectivity index (χ4v) is 2.74. The van der Waals surface area contributed by atoms with Gasteiger partial charge in [-0.05, 0) is 42.8 Å². The summed E-state index contributed by atoms with van der Waals surface area (Å²) in [5.74, 6) is -0.165. The van der Waals surface area contributed by atoms with Crippen LogP contribution in [0.2, 0.25) is 10.0 Å². The fraction of sp³-hybridized carbons (Fsp3) is 0.176. The first-order valence-electron chi connectivity index (χ1n) is 7.01. The zero-order chi connectivity index (χ0) is 16.6. The number of carbonyl (C=O) groups is 2. The van der Waals surface area contributed by atoms with Gasteiger partial charge in [0.1, 0.15) is 5.75 Å². The molecule has 0 fully saturated rings. The van der Waals surface area contributed by atoms with E-state index in [-0.39, 0.29) is 24.2 Å². The van der Waals surface area contributed by atoms with E-state index in [1.165, 1.54) is 0 Å². The Morgan fingerprint density at radius 3 is 2.78 bits per heavy atom. The standard InChI is InChI=1S/C17H13Cl2NO3/c1-9-12-6-10(2-5-14(12)20-17(9)22)15(21)8-23-16-7-11(18)3-4-13(16)19/h2-7,9H,8H2,1H3,(H,20,22)/t9-/m0/s1. The van der Waals surface area contributed by atoms with Crippen LogP contribution in [-0.2, 0) is 4.79 Å². The van der Waals surface area contributed by atoms with Gasteiger partial charge >= 0.3 is 0 Å². The van der Waals surface area contributed by atoms with Gasteiger partial charge in [-0.2, -0.15) is 0 Å². The lowest BCUT2D eigenvalue weighted by Gasteiger charge is -2.09. The average molecular weight is 350 g/mol. The van der Waals surface area contributed by atoms with Crippen molar-refractivity contribution in [1.29, 1.82) is 0 Å². The van der Waals surface area contributed by atoms with Crippen LogP contribution in [0.4, 0.5) is 5.69 Å². The largest absolute Gasteiger partial charge is 0.484 e. The van der Waals surface area contributed by atoms with E-state index in [0.717, 1.165) is 11.3 Å². The Hall–Kier alpha value is -2.04. The molecule has 2 aromatic carbocycles. The Balaban J connectivity index is 1.75. The summed E-state index contributed by atoms with van der Waals surface area (Å²) in [7, 11) is 0. The number of Topliss-reactive ketones (excluding diaryl/α,β-unsaturated/α-hetero) is 1. The third-order valence-corrected chi connectivity index (χ3v) is 4.29. The summed E-state index contributed by atoms with van der Waals surface area (Å²) in [4.78, 5) is 23.9. The van der Waals surface area contributed by atoms with Crippen molar-refractivity contribution in [2.45, 2.75) is 12.8 Å². The number of amides is 1. The number of ketones is 1. The molecule has 1 amide bonds. The van der Waals surface area contributed by atoms with Gasteiger partial charge in [0.15, 0.2) is 12.4 Å². The Labute approximate surface area is 143 Å². The third kappa shape index (κ3) is 3.19. The zero-order valence-corrected chi connectivity index (χ0v) is 13.7. The highest BCUT2D eigenvalue weighted by Crippen LogP contribution is 2.33. The van der Waals surface area contributed by atoms with Gasteiger partial charge in [-0.3, -0.25) is 9.59 Å². The molecule has 0 aromatic heterocycles. The van der Waals surface area contributed by atoms with Crippen molar-refractivity contribution in [3.8, 4) is 5.75 Å². The van der Waals surface area contributed by atoms with E-state index in [1.807, 2.05) is 0 Å². The van der Waals surface area contributed by atoms with Crippen molar-refractivity contribution in [1.82, 2.24) is 0 Å². The number of benzene rings is 2. The van der Waals surface area contributed by atoms with Gasteiger partial charge in [-0.25, -0.2) is 0 Å². The van der Waals surface area contributed by atoms with Gasteiger partial charge < -0.3 is 10.1 Å². The molecule has 1 aliphatic rings. The van der Waals surface area contributed by atoms with Crippen LogP contribution in [0.25, 0.3) is 0 Å². The quantitative estimate of drug-likeness (QED) is 0.836. The van der Waals surface area contributed by atoms with Crippen LogP contribution in [0, 0.1) is 0 Å². The normalized spacial score (nSPS) is 16.0. The number of hydrogen-bond donors (Lipinski definition) is 1. The molecule has 1 atom stereocenters. The van der Waals surface area contributed by atoms with Crippen LogP contribution < -0.4 is 10.1 Å². The van der Waals surface area contributed by atoms with E-state index in [9.17, 15) is 9.59 Å². The van der Waals surface area contributed by atoms with Crippen molar-refractivity contribution in [3.05, 3.63) is 57.6 Å². The van der Waals surface area contributed by atoms with Crippen LogP contribution in [0.15, 0.2) is 36.4 Å². The van der Waals surface area contributed by atoms with Gasteiger partial charge in [0.05, 0.1) is 10.9 Å². The highest BCUT2D eigenvalue weighted by Gasteiger charge is 2.27. The SMILES string of the molecule is C[C@@H]1C(=O)Nc2ccc(C(=O)COc3cc(Cl)ccc3Cl)cc21. The molecule has 0 spiro atoms. The summed E-state index contributed by atoms with van der Waals surface area (Å²) >= 11 is 11.9. The minimum absolute atomic E-state index is 0.0634. The van der Waals surface area contributed by atoms with Crippen LogP contribution in [0.3, 0.4) is 0 Å². The smallest absolute Gasteiger partial charge is 0.231 e. The molecule has 0 aliphatic carbocycles. The lowest BCUT2D eigenvalue weighted by atomic mass is 9.99. The van der Waals surface area contributed by atoms with Gasteiger partial charge in [0, 0.05) is 22.3 Å². The minimum Gasteiger partial charge on any atom is -0.484 e. The predicted octanol–water partition coefficient (Wildman–Crippen LogP) is 4.31. The first-order valence-corrected chi connectivity index (χ1v) is 7.77. The zero-order valence-electron chi connectivity index (χ0n) is 12.2. The second-order valence-electron chi connectivity index (χ2n) is 5.30. The Morgan fingerprint density at radius 1 is 1.22 bits per heavy atom. The molecule has 0 bridgehead atoms. The van der Waals surface area contributed by atoms with E-state index in [0.29, 0.717) is 21.4 Å². The van der Waals surface area contributed by atoms with E-state index in [1.54, 1.807) is 43.3 Å². The molecule has 118 valence electrons. The highest BCUT2D eigenvalue weighted by atomic mass is 35.5. The monoisotopic (exact) mass is 349 g/mol. The Morgan fingerprint density at radius 2 is 2.00 bits per heavy atom. The lowest BCUT2D eigenvalue weighted by molar-refractivity contribution is -0.116. The molecule has 0 unspecified atom stereocenters. The van der Waals surface area contributed by atoms with Crippen molar-refractivity contribution in [2.75, 3.05) is 11.9 Å². The maximum atomic E-state index is 12.3. The molecular formula is C17H13Cl2NO3. The summed E-state index contributed by atoms with van der Waals surface area (Å²) in [6.07, 6.45) is 0. The Bertz CT molecular complexity index is 804. The maximum absolute atomic E-state index is 12.3. The van der Waals surface area contributed by atoms with Crippen molar-refractivity contribution in [3.63, 3.8) is 0 Å². The number of halogens is 2. The number of carbonyl (C=O) groups excluding carboxylic acids is 2. The molecule has 1 aliphatic heterocycles. The third-order valence-electron chi connectivity index (χ3n) is 3.74. The molecule has 23 heavy (non-hydrogen) atoms. The summed E-state index contributed by atoms with van der Waals surface area (Å²) < 4.78 is 5.45. The van der Waals surface area contributed by atoms with Crippen LogP contribution in [0.5, 0.6) is 5.75 Å². The number of hydrogen-bond acceptors (Lipinski definition) is 3. The number of rotatable bonds is 4. The first-order chi connectivity index (χ1) is 11.0. The van der Waals surface area contributed by atoms with Crippen LogP contribution in [0.1, 0.15) is 28.8 Å².